The highest BCUT2D eigenvalue weighted by molar-refractivity contribution is 7.80. The molecule has 0 unspecified atom stereocenters. The molecule has 0 spiro atoms. The van der Waals surface area contributed by atoms with Crippen molar-refractivity contribution < 1.29 is 4.79 Å². The van der Waals surface area contributed by atoms with Crippen LogP contribution in [0.1, 0.15) is 48.1 Å². The van der Waals surface area contributed by atoms with Gasteiger partial charge in [0.05, 0.1) is 30.0 Å². The first kappa shape index (κ1) is 24.6. The zero-order valence-electron chi connectivity index (χ0n) is 20.7. The van der Waals surface area contributed by atoms with Crippen molar-refractivity contribution in [2.75, 3.05) is 11.9 Å². The lowest BCUT2D eigenvalue weighted by atomic mass is 10.0. The molecule has 4 aromatic rings. The quantitative estimate of drug-likeness (QED) is 0.312. The molecule has 1 fully saturated rings. The van der Waals surface area contributed by atoms with E-state index in [0.29, 0.717) is 24.6 Å². The molecule has 2 atom stereocenters. The molecule has 0 aliphatic carbocycles. The van der Waals surface area contributed by atoms with Gasteiger partial charge in [0.15, 0.2) is 5.11 Å². The van der Waals surface area contributed by atoms with Crippen molar-refractivity contribution in [1.82, 2.24) is 24.8 Å². The Hall–Kier alpha value is -4.04. The van der Waals surface area contributed by atoms with Crippen LogP contribution in [0.4, 0.5) is 5.69 Å². The summed E-state index contributed by atoms with van der Waals surface area (Å²) in [6.07, 6.45) is 6.84. The summed E-state index contributed by atoms with van der Waals surface area (Å²) in [5.74, 6) is -0.0346. The molecule has 1 aliphatic heterocycles. The maximum atomic E-state index is 13.0. The molecular weight excluding hydrogens is 480 g/mol. The van der Waals surface area contributed by atoms with Crippen LogP contribution in [-0.4, -0.2) is 37.0 Å². The van der Waals surface area contributed by atoms with E-state index < -0.39 is 0 Å². The average molecular weight is 511 g/mol. The highest BCUT2D eigenvalue weighted by Crippen LogP contribution is 2.39. The molecule has 5 rings (SSSR count). The van der Waals surface area contributed by atoms with Crippen LogP contribution < -0.4 is 10.6 Å². The predicted molar refractivity (Wildman–Crippen MR) is 149 cm³/mol. The third kappa shape index (κ3) is 5.54. The number of aryl methyl sites for hydroxylation is 1. The van der Waals surface area contributed by atoms with Crippen LogP contribution in [-0.2, 0) is 17.8 Å². The number of pyridine rings is 2. The topological polar surface area (TPSA) is 75.1 Å². The van der Waals surface area contributed by atoms with Gasteiger partial charge in [0, 0.05) is 42.9 Å². The number of hydrogen-bond acceptors (Lipinski definition) is 4. The minimum atomic E-state index is -0.144. The Morgan fingerprint density at radius 1 is 1.00 bits per heavy atom. The summed E-state index contributed by atoms with van der Waals surface area (Å²) in [4.78, 5) is 24.2. The van der Waals surface area contributed by atoms with Crippen LogP contribution >= 0.6 is 12.2 Å². The fraction of sp³-hybridized carbons (Fsp3) is 0.241. The van der Waals surface area contributed by atoms with Gasteiger partial charge in [-0.05, 0) is 66.7 Å². The Morgan fingerprint density at radius 2 is 1.78 bits per heavy atom. The molecule has 0 saturated carbocycles. The smallest absolute Gasteiger partial charge is 0.226 e. The highest BCUT2D eigenvalue weighted by Gasteiger charge is 2.41. The average Bonchev–Trinajstić information content (AvgIpc) is 3.52. The number of anilines is 1. The molecule has 4 heterocycles. The standard InChI is InChI=1S/C29H30N6OS/c1-2-21-10-3-4-12-23(21)32-26(36)15-19-35-28(27(33-29(35)37)24-13-6-8-17-31-24)25-14-9-18-34(25)20-22-11-5-7-16-30-22/h3-14,16-18,27-28H,2,15,19-20H2,1H3,(H,32,36)(H,33,37)/t27-,28-/m0/s1. The Balaban J connectivity index is 1.40. The molecule has 0 bridgehead atoms. The molecule has 1 aliphatic rings. The number of aromatic nitrogens is 3. The second-order valence-corrected chi connectivity index (χ2v) is 9.40. The van der Waals surface area contributed by atoms with E-state index in [4.69, 9.17) is 12.2 Å². The number of benzene rings is 1. The number of nitrogens with zero attached hydrogens (tertiary/aromatic N) is 4. The fourth-order valence-electron chi connectivity index (χ4n) is 4.86. The predicted octanol–water partition coefficient (Wildman–Crippen LogP) is 4.89. The van der Waals surface area contributed by atoms with E-state index in [1.54, 1.807) is 6.20 Å². The van der Waals surface area contributed by atoms with Gasteiger partial charge in [0.1, 0.15) is 0 Å². The molecule has 3 aromatic heterocycles. The van der Waals surface area contributed by atoms with Crippen molar-refractivity contribution in [3.63, 3.8) is 0 Å². The lowest BCUT2D eigenvalue weighted by Crippen LogP contribution is -2.33. The number of carbonyl (C=O) groups is 1. The van der Waals surface area contributed by atoms with E-state index in [9.17, 15) is 4.79 Å². The highest BCUT2D eigenvalue weighted by atomic mass is 32.1. The minimum Gasteiger partial charge on any atom is -0.352 e. The molecule has 2 N–H and O–H groups in total. The van der Waals surface area contributed by atoms with Crippen molar-refractivity contribution in [2.24, 2.45) is 0 Å². The van der Waals surface area contributed by atoms with Gasteiger partial charge >= 0.3 is 0 Å². The van der Waals surface area contributed by atoms with Gasteiger partial charge in [-0.25, -0.2) is 0 Å². The first-order valence-electron chi connectivity index (χ1n) is 12.5. The summed E-state index contributed by atoms with van der Waals surface area (Å²) in [7, 11) is 0. The van der Waals surface area contributed by atoms with Crippen molar-refractivity contribution in [3.8, 4) is 0 Å². The number of rotatable bonds is 9. The van der Waals surface area contributed by atoms with Crippen LogP contribution in [0.2, 0.25) is 0 Å². The van der Waals surface area contributed by atoms with Gasteiger partial charge < -0.3 is 20.1 Å². The second kappa shape index (κ2) is 11.3. The van der Waals surface area contributed by atoms with E-state index >= 15 is 0 Å². The maximum Gasteiger partial charge on any atom is 0.226 e. The van der Waals surface area contributed by atoms with Crippen LogP contribution in [0.25, 0.3) is 0 Å². The van der Waals surface area contributed by atoms with Crippen molar-refractivity contribution >= 4 is 28.9 Å². The summed E-state index contributed by atoms with van der Waals surface area (Å²) < 4.78 is 2.20. The van der Waals surface area contributed by atoms with Crippen LogP contribution in [0.15, 0.2) is 91.4 Å². The number of carbonyl (C=O) groups excluding carboxylic acids is 1. The van der Waals surface area contributed by atoms with Crippen molar-refractivity contribution in [2.45, 2.75) is 38.4 Å². The van der Waals surface area contributed by atoms with Gasteiger partial charge in [0.2, 0.25) is 5.91 Å². The summed E-state index contributed by atoms with van der Waals surface area (Å²) in [6.45, 7) is 3.21. The third-order valence-electron chi connectivity index (χ3n) is 6.68. The lowest BCUT2D eigenvalue weighted by molar-refractivity contribution is -0.116. The third-order valence-corrected chi connectivity index (χ3v) is 7.03. The first-order chi connectivity index (χ1) is 18.1. The molecule has 8 heteroatoms. The minimum absolute atomic E-state index is 0.0346. The zero-order valence-corrected chi connectivity index (χ0v) is 21.6. The molecular formula is C29H30N6OS. The Bertz CT molecular complexity index is 1360. The van der Waals surface area contributed by atoms with Gasteiger partial charge in [-0.1, -0.05) is 37.3 Å². The van der Waals surface area contributed by atoms with E-state index in [0.717, 1.165) is 34.8 Å². The Kier molecular flexibility index (Phi) is 7.56. The van der Waals surface area contributed by atoms with Crippen LogP contribution in [0.5, 0.6) is 0 Å². The summed E-state index contributed by atoms with van der Waals surface area (Å²) in [6, 6.07) is 23.6. The van der Waals surface area contributed by atoms with E-state index in [1.165, 1.54) is 0 Å². The Labute approximate surface area is 222 Å². The lowest BCUT2D eigenvalue weighted by Gasteiger charge is -2.28. The first-order valence-corrected chi connectivity index (χ1v) is 13.0. The summed E-state index contributed by atoms with van der Waals surface area (Å²) in [5, 5.41) is 7.18. The molecule has 1 aromatic carbocycles. The largest absolute Gasteiger partial charge is 0.352 e. The summed E-state index contributed by atoms with van der Waals surface area (Å²) >= 11 is 5.80. The number of para-hydroxylation sites is 1. The van der Waals surface area contributed by atoms with Gasteiger partial charge in [-0.3, -0.25) is 14.8 Å². The Morgan fingerprint density at radius 3 is 2.54 bits per heavy atom. The van der Waals surface area contributed by atoms with Gasteiger partial charge in [0.25, 0.3) is 0 Å². The monoisotopic (exact) mass is 510 g/mol. The van der Waals surface area contributed by atoms with Crippen molar-refractivity contribution in [1.29, 1.82) is 0 Å². The normalized spacial score (nSPS) is 17.0. The maximum absolute atomic E-state index is 13.0. The molecule has 1 amide bonds. The number of nitrogens with one attached hydrogen (secondary N) is 2. The number of amides is 1. The number of thiocarbonyl (C=S) groups is 1. The SMILES string of the molecule is CCc1ccccc1NC(=O)CCN1C(=S)N[C@@H](c2ccccn2)[C@@H]1c1cccn1Cc1ccccn1. The van der Waals surface area contributed by atoms with E-state index in [2.05, 4.69) is 49.3 Å². The van der Waals surface area contributed by atoms with E-state index in [-0.39, 0.29) is 18.0 Å². The molecule has 7 nitrogen and oxygen atoms in total. The molecule has 0 radical (unpaired) electrons. The van der Waals surface area contributed by atoms with Crippen LogP contribution in [0.3, 0.4) is 0 Å². The van der Waals surface area contributed by atoms with E-state index in [1.807, 2.05) is 72.9 Å². The van der Waals surface area contributed by atoms with Crippen molar-refractivity contribution in [3.05, 3.63) is 114 Å². The number of hydrogen-bond donors (Lipinski definition) is 2. The molecule has 37 heavy (non-hydrogen) atoms. The zero-order chi connectivity index (χ0) is 25.6. The van der Waals surface area contributed by atoms with Gasteiger partial charge in [-0.2, -0.15) is 0 Å². The van der Waals surface area contributed by atoms with Gasteiger partial charge in [-0.15, -0.1) is 0 Å². The fourth-order valence-corrected chi connectivity index (χ4v) is 5.19. The second-order valence-electron chi connectivity index (χ2n) is 9.01. The molecule has 1 saturated heterocycles. The molecule has 188 valence electrons. The summed E-state index contributed by atoms with van der Waals surface area (Å²) in [5.41, 5.74) is 4.96. The van der Waals surface area contributed by atoms with Crippen LogP contribution in [0, 0.1) is 0 Å².